The molecule has 1 N–H and O–H groups in total. The molecule has 0 bridgehead atoms. The molecule has 0 aliphatic carbocycles. The molecule has 0 radical (unpaired) electrons. The minimum atomic E-state index is -2.84. The van der Waals surface area contributed by atoms with Gasteiger partial charge >= 0.3 is 0 Å². The predicted octanol–water partition coefficient (Wildman–Crippen LogP) is 2.53. The zero-order valence-electron chi connectivity index (χ0n) is 11.9. The van der Waals surface area contributed by atoms with E-state index < -0.39 is 9.84 Å². The van der Waals surface area contributed by atoms with Gasteiger partial charge in [0.05, 0.1) is 11.5 Å². The van der Waals surface area contributed by atoms with Crippen molar-refractivity contribution in [2.24, 2.45) is 0 Å². The Kier molecular flexibility index (Phi) is 4.31. The standard InChI is InChI=1S/C15H23NO2S/c1-11-7-12(2)9-14(8-11)13(3)16-15-5-4-6-19(17,18)10-15/h7-9,13,15-16H,4-6,10H2,1-3H3. The van der Waals surface area contributed by atoms with Gasteiger partial charge in [0.25, 0.3) is 0 Å². The topological polar surface area (TPSA) is 46.2 Å². The Balaban J connectivity index is 2.06. The fourth-order valence-corrected chi connectivity index (χ4v) is 4.51. The first-order chi connectivity index (χ1) is 8.85. The molecule has 19 heavy (non-hydrogen) atoms. The first kappa shape index (κ1) is 14.5. The Morgan fingerprint density at radius 2 is 1.84 bits per heavy atom. The molecule has 0 aromatic heterocycles. The summed E-state index contributed by atoms with van der Waals surface area (Å²) in [4.78, 5) is 0. The quantitative estimate of drug-likeness (QED) is 0.926. The van der Waals surface area contributed by atoms with Crippen molar-refractivity contribution in [2.45, 2.75) is 45.7 Å². The minimum Gasteiger partial charge on any atom is -0.306 e. The second-order valence-electron chi connectivity index (χ2n) is 5.76. The Morgan fingerprint density at radius 1 is 1.21 bits per heavy atom. The molecule has 106 valence electrons. The van der Waals surface area contributed by atoms with Crippen LogP contribution in [0.4, 0.5) is 0 Å². The van der Waals surface area contributed by atoms with Crippen molar-refractivity contribution in [1.82, 2.24) is 5.32 Å². The van der Waals surface area contributed by atoms with Crippen LogP contribution < -0.4 is 5.32 Å². The summed E-state index contributed by atoms with van der Waals surface area (Å²) in [6.07, 6.45) is 1.73. The summed E-state index contributed by atoms with van der Waals surface area (Å²) in [7, 11) is -2.84. The zero-order chi connectivity index (χ0) is 14.0. The van der Waals surface area contributed by atoms with E-state index in [9.17, 15) is 8.42 Å². The fraction of sp³-hybridized carbons (Fsp3) is 0.600. The predicted molar refractivity (Wildman–Crippen MR) is 79.1 cm³/mol. The Hall–Kier alpha value is -0.870. The molecule has 1 aliphatic heterocycles. The molecule has 1 aliphatic rings. The number of rotatable bonds is 3. The average Bonchev–Trinajstić information content (AvgIpc) is 2.26. The molecule has 3 nitrogen and oxygen atoms in total. The van der Waals surface area contributed by atoms with E-state index in [0.29, 0.717) is 5.75 Å². The highest BCUT2D eigenvalue weighted by Gasteiger charge is 2.25. The summed E-state index contributed by atoms with van der Waals surface area (Å²) in [5, 5.41) is 3.47. The molecule has 0 saturated carbocycles. The smallest absolute Gasteiger partial charge is 0.151 e. The number of hydrogen-bond acceptors (Lipinski definition) is 3. The van der Waals surface area contributed by atoms with Crippen LogP contribution in [0.3, 0.4) is 0 Å². The third kappa shape index (κ3) is 4.05. The second-order valence-corrected chi connectivity index (χ2v) is 7.99. The van der Waals surface area contributed by atoms with Crippen LogP contribution in [0.1, 0.15) is 42.5 Å². The van der Waals surface area contributed by atoms with Gasteiger partial charge in [-0.15, -0.1) is 0 Å². The van der Waals surface area contributed by atoms with Crippen molar-refractivity contribution < 1.29 is 8.42 Å². The van der Waals surface area contributed by atoms with Crippen LogP contribution in [0, 0.1) is 13.8 Å². The molecule has 0 spiro atoms. The molecule has 2 unspecified atom stereocenters. The maximum atomic E-state index is 11.6. The summed E-state index contributed by atoms with van der Waals surface area (Å²) in [5.74, 6) is 0.630. The maximum Gasteiger partial charge on any atom is 0.151 e. The second kappa shape index (κ2) is 5.63. The van der Waals surface area contributed by atoms with Gasteiger partial charge < -0.3 is 5.32 Å². The lowest BCUT2D eigenvalue weighted by Crippen LogP contribution is -2.41. The number of aryl methyl sites for hydroxylation is 2. The van der Waals surface area contributed by atoms with Crippen molar-refractivity contribution in [3.63, 3.8) is 0 Å². The van der Waals surface area contributed by atoms with Crippen molar-refractivity contribution in [1.29, 1.82) is 0 Å². The van der Waals surface area contributed by atoms with E-state index in [4.69, 9.17) is 0 Å². The Labute approximate surface area is 116 Å². The lowest BCUT2D eigenvalue weighted by molar-refractivity contribution is 0.437. The van der Waals surface area contributed by atoms with E-state index in [1.165, 1.54) is 16.7 Å². The third-order valence-electron chi connectivity index (χ3n) is 3.69. The fourth-order valence-electron chi connectivity index (χ4n) is 2.86. The summed E-state index contributed by atoms with van der Waals surface area (Å²) in [6, 6.07) is 6.78. The number of sulfone groups is 1. The van der Waals surface area contributed by atoms with Crippen molar-refractivity contribution in [2.75, 3.05) is 11.5 Å². The van der Waals surface area contributed by atoms with Crippen molar-refractivity contribution in [3.05, 3.63) is 34.9 Å². The molecule has 1 aromatic rings. The van der Waals surface area contributed by atoms with Gasteiger partial charge in [0.2, 0.25) is 0 Å². The SMILES string of the molecule is Cc1cc(C)cc(C(C)NC2CCCS(=O)(=O)C2)c1. The van der Waals surface area contributed by atoms with Crippen LogP contribution in [0.5, 0.6) is 0 Å². The first-order valence-corrected chi connectivity index (χ1v) is 8.72. The van der Waals surface area contributed by atoms with Gasteiger partial charge in [-0.2, -0.15) is 0 Å². The lowest BCUT2D eigenvalue weighted by atomic mass is 10.0. The maximum absolute atomic E-state index is 11.6. The van der Waals surface area contributed by atoms with Crippen LogP contribution in [-0.2, 0) is 9.84 Å². The van der Waals surface area contributed by atoms with Crippen LogP contribution in [0.25, 0.3) is 0 Å². The number of benzene rings is 1. The molecular weight excluding hydrogens is 258 g/mol. The molecule has 1 fully saturated rings. The molecule has 1 heterocycles. The van der Waals surface area contributed by atoms with Gasteiger partial charge in [-0.1, -0.05) is 29.3 Å². The van der Waals surface area contributed by atoms with Gasteiger partial charge in [0.15, 0.2) is 9.84 Å². The zero-order valence-corrected chi connectivity index (χ0v) is 12.8. The molecule has 2 atom stereocenters. The lowest BCUT2D eigenvalue weighted by Gasteiger charge is -2.27. The highest BCUT2D eigenvalue weighted by Crippen LogP contribution is 2.20. The van der Waals surface area contributed by atoms with Crippen LogP contribution in [0.2, 0.25) is 0 Å². The van der Waals surface area contributed by atoms with Crippen LogP contribution >= 0.6 is 0 Å². The number of nitrogens with one attached hydrogen (secondary N) is 1. The summed E-state index contributed by atoms with van der Waals surface area (Å²) in [6.45, 7) is 6.29. The molecule has 2 rings (SSSR count). The van der Waals surface area contributed by atoms with E-state index in [0.717, 1.165) is 12.8 Å². The van der Waals surface area contributed by atoms with E-state index in [1.807, 2.05) is 0 Å². The first-order valence-electron chi connectivity index (χ1n) is 6.90. The highest BCUT2D eigenvalue weighted by atomic mass is 32.2. The molecule has 4 heteroatoms. The number of hydrogen-bond donors (Lipinski definition) is 1. The molecule has 1 aromatic carbocycles. The van der Waals surface area contributed by atoms with E-state index in [2.05, 4.69) is 44.3 Å². The van der Waals surface area contributed by atoms with Gasteiger partial charge in [-0.05, 0) is 39.2 Å². The van der Waals surface area contributed by atoms with Crippen LogP contribution in [-0.4, -0.2) is 26.0 Å². The van der Waals surface area contributed by atoms with Gasteiger partial charge in [-0.25, -0.2) is 8.42 Å². The summed E-state index contributed by atoms with van der Waals surface area (Å²) in [5.41, 5.74) is 3.74. The van der Waals surface area contributed by atoms with E-state index in [1.54, 1.807) is 0 Å². The van der Waals surface area contributed by atoms with Gasteiger partial charge in [0.1, 0.15) is 0 Å². The van der Waals surface area contributed by atoms with Crippen molar-refractivity contribution in [3.8, 4) is 0 Å². The summed E-state index contributed by atoms with van der Waals surface area (Å²) >= 11 is 0. The highest BCUT2D eigenvalue weighted by molar-refractivity contribution is 7.91. The van der Waals surface area contributed by atoms with Gasteiger partial charge in [0, 0.05) is 12.1 Å². The molecule has 0 amide bonds. The van der Waals surface area contributed by atoms with Gasteiger partial charge in [-0.3, -0.25) is 0 Å². The Bertz CT molecular complexity index is 531. The molecular formula is C15H23NO2S. The Morgan fingerprint density at radius 3 is 2.42 bits per heavy atom. The van der Waals surface area contributed by atoms with E-state index >= 15 is 0 Å². The largest absolute Gasteiger partial charge is 0.306 e. The van der Waals surface area contributed by atoms with E-state index in [-0.39, 0.29) is 17.8 Å². The minimum absolute atomic E-state index is 0.0922. The normalized spacial score (nSPS) is 24.1. The average molecular weight is 281 g/mol. The van der Waals surface area contributed by atoms with Crippen molar-refractivity contribution >= 4 is 9.84 Å². The third-order valence-corrected chi connectivity index (χ3v) is 5.51. The molecule has 1 saturated heterocycles. The summed E-state index contributed by atoms with van der Waals surface area (Å²) < 4.78 is 23.3. The van der Waals surface area contributed by atoms with Crippen LogP contribution in [0.15, 0.2) is 18.2 Å². The monoisotopic (exact) mass is 281 g/mol.